The molecule has 3 unspecified atom stereocenters. The average molecular weight is 1430 g/mol. The number of nitrogens with zero attached hydrogens (tertiary/aromatic N) is 6. The summed E-state index contributed by atoms with van der Waals surface area (Å²) in [6.07, 6.45) is 12.4. The van der Waals surface area contributed by atoms with Crippen LogP contribution in [0.15, 0.2) is 144 Å². The summed E-state index contributed by atoms with van der Waals surface area (Å²) in [5.41, 5.74) is 8.17. The Morgan fingerprint density at radius 2 is 1.55 bits per heavy atom. The first-order valence-corrected chi connectivity index (χ1v) is 36.3. The molecule has 23 heteroatoms. The Kier molecular flexibility index (Phi) is 25.1. The zero-order valence-electron chi connectivity index (χ0n) is 51.3. The summed E-state index contributed by atoms with van der Waals surface area (Å²) in [6, 6.07) is 43.8. The van der Waals surface area contributed by atoms with E-state index in [2.05, 4.69) is 69.0 Å². The molecule has 12 rings (SSSR count). The molecule has 0 aliphatic carbocycles. The number of aromatic nitrogens is 4. The van der Waals surface area contributed by atoms with Gasteiger partial charge in [0.05, 0.1) is 53.5 Å². The first-order valence-electron chi connectivity index (χ1n) is 29.7. The SMILES string of the molecule is C#Cc1cccc([NH+](Cc2c[c-]c(CCC3SCS[C@H]3[CH2-])cc2)c2ncnc3cc(OCCOC)c(OCCOC)cc23)c1.CS(=O)(=O)CCN1Cc2ccc(o2)-c2ccc3ncnc(c3c2)N(c2ccc(OCc3cccc(F)c3)c(Cl)c2)C[C@H]2SCSC2C1.[Y]. The van der Waals surface area contributed by atoms with Crippen LogP contribution >= 0.6 is 58.6 Å². The van der Waals surface area contributed by atoms with Crippen LogP contribution in [0.5, 0.6) is 17.2 Å². The Morgan fingerprint density at radius 3 is 2.29 bits per heavy atom. The fourth-order valence-electron chi connectivity index (χ4n) is 10.9. The second-order valence-electron chi connectivity index (χ2n) is 22.1. The van der Waals surface area contributed by atoms with Crippen LogP contribution in [0.25, 0.3) is 33.1 Å². The second kappa shape index (κ2) is 33.3. The van der Waals surface area contributed by atoms with Crippen molar-refractivity contribution in [1.82, 2.24) is 24.8 Å². The number of rotatable bonds is 22. The number of hydrogen-bond acceptors (Lipinski definition) is 18. The Morgan fingerprint density at radius 1 is 0.783 bits per heavy atom. The van der Waals surface area contributed by atoms with E-state index >= 15 is 0 Å². The molecule has 477 valence electrons. The molecule has 0 spiro atoms. The van der Waals surface area contributed by atoms with Crippen LogP contribution in [0, 0.1) is 31.2 Å². The van der Waals surface area contributed by atoms with Crippen molar-refractivity contribution in [2.45, 2.75) is 53.5 Å². The van der Waals surface area contributed by atoms with Crippen molar-refractivity contribution in [3.05, 3.63) is 192 Å². The van der Waals surface area contributed by atoms with Gasteiger partial charge in [-0.3, -0.25) is 9.80 Å². The zero-order chi connectivity index (χ0) is 63.3. The fourth-order valence-corrected chi connectivity index (χ4v) is 18.1. The van der Waals surface area contributed by atoms with Gasteiger partial charge in [0.2, 0.25) is 5.82 Å². The molecule has 1 radical (unpaired) electrons. The van der Waals surface area contributed by atoms with E-state index in [1.807, 2.05) is 120 Å². The minimum atomic E-state index is -3.14. The molecule has 3 aliphatic rings. The molecule has 0 saturated carbocycles. The average Bonchev–Trinajstić information content (AvgIpc) is 0.959. The van der Waals surface area contributed by atoms with E-state index in [4.69, 9.17) is 56.1 Å². The maximum absolute atomic E-state index is 13.7. The largest absolute Gasteiger partial charge is 0.487 e. The van der Waals surface area contributed by atoms with E-state index in [9.17, 15) is 12.8 Å². The Bertz CT molecular complexity index is 4120. The van der Waals surface area contributed by atoms with Crippen LogP contribution in [0.1, 0.15) is 34.4 Å². The number of hydrogen-bond donors (Lipinski definition) is 1. The first kappa shape index (κ1) is 69.4. The number of nitrogens with one attached hydrogen (secondary N) is 1. The quantitative estimate of drug-likeness (QED) is 0.0388. The van der Waals surface area contributed by atoms with Crippen LogP contribution < -0.4 is 24.0 Å². The topological polar surface area (TPSA) is 156 Å². The number of ether oxygens (including phenoxy) is 5. The van der Waals surface area contributed by atoms with Gasteiger partial charge in [0.25, 0.3) is 0 Å². The number of anilines is 2. The summed E-state index contributed by atoms with van der Waals surface area (Å²) in [4.78, 5) is 24.2. The standard InChI is InChI=1S/C35H37N3O4S2.C34H32ClFN4O4S3.Y/c1-5-26-7-6-8-29(19-26)38(22-28-11-9-27(10-12-28)13-14-34-25(2)43-24-44-34)35-30-20-32(41-17-15-39-3)33(42-18-16-40-4)21-31(30)36-23-37-35;1-47(41,42)12-11-39-16-26-7-10-30(44-26)23-5-8-29-27(14-23)34(38-20-37-29)40(18-33-32(17-39)45-21-46-33)25-6-9-31(28(35)15-25)43-19-22-3-2-4-24(36)13-22;/h1,6-9,11-12,19-21,23,25,34H,2,13-18,22,24H2,3-4H3;2-10,13-15,20,32-33H,11-12,16-19,21H2,1H3;/q-2;;/p+1/t25-,34?;32?,33-;/m01./s1. The number of sulfone groups is 1. The van der Waals surface area contributed by atoms with Crippen molar-refractivity contribution in [2.75, 3.05) is 87.4 Å². The molecule has 2 fully saturated rings. The molecule has 2 saturated heterocycles. The van der Waals surface area contributed by atoms with Gasteiger partial charge >= 0.3 is 0 Å². The molecular formula is C69H70ClFN7O8S5Y-. The van der Waals surface area contributed by atoms with Gasteiger partial charge in [-0.15, -0.1) is 52.5 Å². The van der Waals surface area contributed by atoms with Gasteiger partial charge in [-0.25, -0.2) is 27.8 Å². The van der Waals surface area contributed by atoms with E-state index in [1.165, 1.54) is 24.0 Å². The molecule has 1 N–H and O–H groups in total. The normalized spacial score (nSPS) is 17.7. The third-order valence-corrected chi connectivity index (χ3v) is 23.0. The Balaban J connectivity index is 0.000000200. The third-order valence-electron chi connectivity index (χ3n) is 15.7. The van der Waals surface area contributed by atoms with Crippen molar-refractivity contribution in [3.63, 3.8) is 0 Å². The number of methoxy groups -OCH3 is 2. The van der Waals surface area contributed by atoms with Crippen LogP contribution in [-0.4, -0.2) is 137 Å². The second-order valence-corrected chi connectivity index (χ2v) is 30.4. The van der Waals surface area contributed by atoms with Crippen molar-refractivity contribution in [2.24, 2.45) is 0 Å². The number of halogens is 2. The molecule has 92 heavy (non-hydrogen) atoms. The van der Waals surface area contributed by atoms with Crippen LogP contribution in [0.3, 0.4) is 0 Å². The number of quaternary nitrogens is 1. The minimum absolute atomic E-state index is 0. The molecule has 0 amide bonds. The van der Waals surface area contributed by atoms with Crippen molar-refractivity contribution in [3.8, 4) is 40.9 Å². The predicted molar refractivity (Wildman–Crippen MR) is 368 cm³/mol. The zero-order valence-corrected chi connectivity index (χ0v) is 59.0. The number of terminal acetylenes is 1. The summed E-state index contributed by atoms with van der Waals surface area (Å²) in [5.74, 6) is 7.28. The smallest absolute Gasteiger partial charge is 0.241 e. The molecule has 6 aromatic carbocycles. The number of aryl methyl sites for hydroxylation is 1. The predicted octanol–water partition coefficient (Wildman–Crippen LogP) is 12.9. The van der Waals surface area contributed by atoms with Gasteiger partial charge < -0.3 is 39.9 Å². The summed E-state index contributed by atoms with van der Waals surface area (Å²) in [5, 5.41) is 5.74. The molecular weight excluding hydrogens is 1360 g/mol. The summed E-state index contributed by atoms with van der Waals surface area (Å²) in [6.45, 7) is 9.07. The van der Waals surface area contributed by atoms with Gasteiger partial charge in [0.1, 0.15) is 76.9 Å². The van der Waals surface area contributed by atoms with Crippen molar-refractivity contribution < 1.29 is 78.5 Å². The van der Waals surface area contributed by atoms with Crippen LogP contribution in [0.4, 0.5) is 27.4 Å². The molecule has 6 heterocycles. The van der Waals surface area contributed by atoms with Crippen molar-refractivity contribution >= 4 is 113 Å². The molecule has 15 nitrogen and oxygen atoms in total. The maximum atomic E-state index is 13.7. The monoisotopic (exact) mass is 1430 g/mol. The van der Waals surface area contributed by atoms with E-state index in [0.717, 1.165) is 101 Å². The fraction of sp³-hybridized carbons (Fsp3) is 0.319. The van der Waals surface area contributed by atoms with Gasteiger partial charge in [-0.2, -0.15) is 46.6 Å². The molecule has 3 aromatic heterocycles. The van der Waals surface area contributed by atoms with Gasteiger partial charge in [-0.05, 0) is 96.5 Å². The Hall–Kier alpha value is -5.45. The van der Waals surface area contributed by atoms with Crippen LogP contribution in [-0.2, 0) is 78.1 Å². The molecule has 3 aliphatic heterocycles. The minimum Gasteiger partial charge on any atom is -0.487 e. The van der Waals surface area contributed by atoms with E-state index in [-0.39, 0.29) is 61.4 Å². The third kappa shape index (κ3) is 18.3. The number of furan rings is 1. The van der Waals surface area contributed by atoms with Gasteiger partial charge in [0, 0.05) is 134 Å². The molecule has 4 bridgehead atoms. The van der Waals surface area contributed by atoms with E-state index in [1.54, 1.807) is 39.0 Å². The number of thioether (sulfide) groups is 4. The number of fused-ring (bicyclic) bond motifs is 6. The van der Waals surface area contributed by atoms with Crippen LogP contribution in [0.2, 0.25) is 5.02 Å². The maximum Gasteiger partial charge on any atom is 0.241 e. The van der Waals surface area contributed by atoms with E-state index in [0.29, 0.717) is 97.5 Å². The molecule has 5 atom stereocenters. The van der Waals surface area contributed by atoms with E-state index < -0.39 is 9.84 Å². The molecule has 9 aromatic rings. The Labute approximate surface area is 585 Å². The van der Waals surface area contributed by atoms with Gasteiger partial charge in [0.15, 0.2) is 11.5 Å². The van der Waals surface area contributed by atoms with Gasteiger partial charge in [-0.1, -0.05) is 35.7 Å². The first-order chi connectivity index (χ1) is 44.3. The van der Waals surface area contributed by atoms with Crippen molar-refractivity contribution in [1.29, 1.82) is 0 Å². The number of benzene rings is 6. The summed E-state index contributed by atoms with van der Waals surface area (Å²) >= 11 is 14.6. The summed E-state index contributed by atoms with van der Waals surface area (Å²) in [7, 11) is 0.147. The summed E-state index contributed by atoms with van der Waals surface area (Å²) < 4.78 is 72.8.